The van der Waals surface area contributed by atoms with E-state index in [1.165, 1.54) is 6.92 Å². The summed E-state index contributed by atoms with van der Waals surface area (Å²) in [6.07, 6.45) is 2.53. The van der Waals surface area contributed by atoms with Gasteiger partial charge >= 0.3 is 5.97 Å². The second kappa shape index (κ2) is 7.57. The maximum Gasteiger partial charge on any atom is 0.303 e. The van der Waals surface area contributed by atoms with Crippen molar-refractivity contribution in [2.75, 3.05) is 13.1 Å². The predicted octanol–water partition coefficient (Wildman–Crippen LogP) is 2.92. The average molecular weight is 377 g/mol. The molecule has 1 aliphatic rings. The van der Waals surface area contributed by atoms with E-state index < -0.39 is 11.6 Å². The van der Waals surface area contributed by atoms with Crippen molar-refractivity contribution in [1.29, 1.82) is 0 Å². The number of rotatable bonds is 5. The second-order valence-electron chi connectivity index (χ2n) is 7.09. The standard InChI is InChI=1S/C18H23N3O4S/c1-12(22)24-18(2,3)17(23)21-7-4-5-13(10-21)9-15-19-16(20-25-15)14-6-8-26-11-14/h6,8,11,13H,4-5,7,9-10H2,1-3H3. The predicted molar refractivity (Wildman–Crippen MR) is 96.5 cm³/mol. The van der Waals surface area contributed by atoms with Crippen LogP contribution in [-0.4, -0.2) is 45.6 Å². The van der Waals surface area contributed by atoms with Crippen LogP contribution < -0.4 is 0 Å². The SMILES string of the molecule is CC(=O)OC(C)(C)C(=O)N1CCCC(Cc2nc(-c3ccsc3)no2)C1. The Hall–Kier alpha value is -2.22. The Bertz CT molecular complexity index is 769. The summed E-state index contributed by atoms with van der Waals surface area (Å²) in [7, 11) is 0. The number of aromatic nitrogens is 2. The normalized spacial score (nSPS) is 18.0. The third-order valence-electron chi connectivity index (χ3n) is 4.43. The molecule has 26 heavy (non-hydrogen) atoms. The van der Waals surface area contributed by atoms with Crippen LogP contribution in [0.1, 0.15) is 39.5 Å². The molecule has 0 aliphatic carbocycles. The molecule has 8 heteroatoms. The molecule has 0 bridgehead atoms. The van der Waals surface area contributed by atoms with Crippen LogP contribution in [0.15, 0.2) is 21.3 Å². The van der Waals surface area contributed by atoms with Gasteiger partial charge in [-0.15, -0.1) is 0 Å². The summed E-state index contributed by atoms with van der Waals surface area (Å²) in [6.45, 7) is 5.84. The van der Waals surface area contributed by atoms with Crippen molar-refractivity contribution in [1.82, 2.24) is 15.0 Å². The number of nitrogens with zero attached hydrogens (tertiary/aromatic N) is 3. The fourth-order valence-electron chi connectivity index (χ4n) is 3.29. The highest BCUT2D eigenvalue weighted by Crippen LogP contribution is 2.25. The Morgan fingerprint density at radius 3 is 2.96 bits per heavy atom. The smallest absolute Gasteiger partial charge is 0.303 e. The highest BCUT2D eigenvalue weighted by Gasteiger charge is 2.37. The molecule has 1 aliphatic heterocycles. The Kier molecular flexibility index (Phi) is 5.41. The van der Waals surface area contributed by atoms with Crippen LogP contribution >= 0.6 is 11.3 Å². The number of carbonyl (C=O) groups is 2. The monoisotopic (exact) mass is 377 g/mol. The van der Waals surface area contributed by atoms with Crippen LogP contribution in [0.4, 0.5) is 0 Å². The summed E-state index contributed by atoms with van der Waals surface area (Å²) in [5.74, 6) is 0.813. The van der Waals surface area contributed by atoms with E-state index in [9.17, 15) is 9.59 Å². The topological polar surface area (TPSA) is 85.5 Å². The van der Waals surface area contributed by atoms with Gasteiger partial charge in [0.2, 0.25) is 11.7 Å². The van der Waals surface area contributed by atoms with Gasteiger partial charge in [-0.3, -0.25) is 9.59 Å². The van der Waals surface area contributed by atoms with Crippen molar-refractivity contribution in [3.05, 3.63) is 22.7 Å². The zero-order valence-corrected chi connectivity index (χ0v) is 16.0. The van der Waals surface area contributed by atoms with Crippen molar-refractivity contribution in [2.24, 2.45) is 5.92 Å². The molecule has 1 atom stereocenters. The molecule has 0 N–H and O–H groups in total. The van der Waals surface area contributed by atoms with Crippen LogP contribution in [0.25, 0.3) is 11.4 Å². The number of hydrogen-bond acceptors (Lipinski definition) is 7. The van der Waals surface area contributed by atoms with Crippen LogP contribution in [-0.2, 0) is 20.7 Å². The zero-order valence-electron chi connectivity index (χ0n) is 15.2. The van der Waals surface area contributed by atoms with Crippen LogP contribution in [0.5, 0.6) is 0 Å². The number of likely N-dealkylation sites (tertiary alicyclic amines) is 1. The van der Waals surface area contributed by atoms with E-state index >= 15 is 0 Å². The van der Waals surface area contributed by atoms with E-state index in [1.54, 1.807) is 30.1 Å². The van der Waals surface area contributed by atoms with Gasteiger partial charge in [-0.1, -0.05) is 5.16 Å². The molecule has 0 spiro atoms. The van der Waals surface area contributed by atoms with Crippen molar-refractivity contribution >= 4 is 23.2 Å². The van der Waals surface area contributed by atoms with Crippen molar-refractivity contribution < 1.29 is 18.8 Å². The van der Waals surface area contributed by atoms with Gasteiger partial charge in [0.05, 0.1) is 0 Å². The lowest BCUT2D eigenvalue weighted by atomic mass is 9.93. The molecule has 0 radical (unpaired) electrons. The highest BCUT2D eigenvalue weighted by molar-refractivity contribution is 7.08. The maximum absolute atomic E-state index is 12.7. The molecule has 3 rings (SSSR count). The van der Waals surface area contributed by atoms with Gasteiger partial charge in [-0.25, -0.2) is 0 Å². The molecular weight excluding hydrogens is 354 g/mol. The largest absolute Gasteiger partial charge is 0.450 e. The first kappa shape index (κ1) is 18.6. The lowest BCUT2D eigenvalue weighted by Crippen LogP contribution is -2.51. The van der Waals surface area contributed by atoms with Crippen LogP contribution in [0.2, 0.25) is 0 Å². The Labute approximate surface area is 156 Å². The quantitative estimate of drug-likeness (QED) is 0.745. The first-order valence-corrected chi connectivity index (χ1v) is 9.63. The van der Waals surface area contributed by atoms with E-state index in [-0.39, 0.29) is 11.8 Å². The van der Waals surface area contributed by atoms with Gasteiger partial charge in [0.1, 0.15) is 0 Å². The third-order valence-corrected chi connectivity index (χ3v) is 5.11. The number of carbonyl (C=O) groups excluding carboxylic acids is 2. The molecule has 7 nitrogen and oxygen atoms in total. The van der Waals surface area contributed by atoms with E-state index in [0.29, 0.717) is 31.2 Å². The Balaban J connectivity index is 1.62. The van der Waals surface area contributed by atoms with E-state index in [1.807, 2.05) is 16.8 Å². The summed E-state index contributed by atoms with van der Waals surface area (Å²) in [6, 6.07) is 1.96. The number of ether oxygens (including phenoxy) is 1. The Morgan fingerprint density at radius 1 is 1.46 bits per heavy atom. The summed E-state index contributed by atoms with van der Waals surface area (Å²) >= 11 is 1.59. The number of esters is 1. The first-order chi connectivity index (χ1) is 12.3. The molecule has 3 heterocycles. The van der Waals surface area contributed by atoms with E-state index in [4.69, 9.17) is 9.26 Å². The molecule has 1 unspecified atom stereocenters. The number of hydrogen-bond donors (Lipinski definition) is 0. The van der Waals surface area contributed by atoms with Gasteiger partial charge in [0.15, 0.2) is 5.60 Å². The van der Waals surface area contributed by atoms with Gasteiger partial charge in [-0.2, -0.15) is 16.3 Å². The number of thiophene rings is 1. The molecular formula is C18H23N3O4S. The minimum Gasteiger partial charge on any atom is -0.450 e. The van der Waals surface area contributed by atoms with E-state index in [2.05, 4.69) is 10.1 Å². The minimum atomic E-state index is -1.15. The summed E-state index contributed by atoms with van der Waals surface area (Å²) in [5.41, 5.74) is -0.196. The average Bonchev–Trinajstić information content (AvgIpc) is 3.24. The summed E-state index contributed by atoms with van der Waals surface area (Å²) in [4.78, 5) is 30.2. The highest BCUT2D eigenvalue weighted by atomic mass is 32.1. The summed E-state index contributed by atoms with van der Waals surface area (Å²) in [5, 5.41) is 7.98. The second-order valence-corrected chi connectivity index (χ2v) is 7.87. The maximum atomic E-state index is 12.7. The molecule has 2 aromatic rings. The molecule has 1 saturated heterocycles. The lowest BCUT2D eigenvalue weighted by Gasteiger charge is -2.36. The molecule has 0 aromatic carbocycles. The van der Waals surface area contributed by atoms with E-state index in [0.717, 1.165) is 18.4 Å². The van der Waals surface area contributed by atoms with Gasteiger partial charge in [0, 0.05) is 37.4 Å². The zero-order chi connectivity index (χ0) is 18.7. The van der Waals surface area contributed by atoms with Crippen LogP contribution in [0, 0.1) is 5.92 Å². The Morgan fingerprint density at radius 2 is 2.27 bits per heavy atom. The first-order valence-electron chi connectivity index (χ1n) is 8.69. The molecule has 1 amide bonds. The van der Waals surface area contributed by atoms with Gasteiger partial charge in [0.25, 0.3) is 5.91 Å². The van der Waals surface area contributed by atoms with Crippen LogP contribution in [0.3, 0.4) is 0 Å². The summed E-state index contributed by atoms with van der Waals surface area (Å²) < 4.78 is 10.6. The van der Waals surface area contributed by atoms with Crippen molar-refractivity contribution in [3.8, 4) is 11.4 Å². The number of amides is 1. The third kappa shape index (κ3) is 4.30. The molecule has 1 fully saturated rings. The molecule has 2 aromatic heterocycles. The number of piperidine rings is 1. The molecule has 140 valence electrons. The van der Waals surface area contributed by atoms with Crippen molar-refractivity contribution in [2.45, 2.75) is 45.6 Å². The minimum absolute atomic E-state index is 0.165. The fourth-order valence-corrected chi connectivity index (χ4v) is 3.93. The van der Waals surface area contributed by atoms with Gasteiger partial charge in [-0.05, 0) is 44.1 Å². The van der Waals surface area contributed by atoms with Crippen molar-refractivity contribution in [3.63, 3.8) is 0 Å². The van der Waals surface area contributed by atoms with Gasteiger partial charge < -0.3 is 14.2 Å². The lowest BCUT2D eigenvalue weighted by molar-refractivity contribution is -0.169. The fraction of sp³-hybridized carbons (Fsp3) is 0.556. The molecule has 0 saturated carbocycles.